The van der Waals surface area contributed by atoms with Gasteiger partial charge in [-0.25, -0.2) is 9.13 Å². The van der Waals surface area contributed by atoms with Crippen LogP contribution in [0.1, 0.15) is 383 Å². The average molecular weight is 1400 g/mol. The first kappa shape index (κ1) is 93.1. The fraction of sp³-hybridized carbons (Fsp3) is 0.947. The van der Waals surface area contributed by atoms with Gasteiger partial charge < -0.3 is 33.8 Å². The number of phosphoric acid groups is 2. The summed E-state index contributed by atoms with van der Waals surface area (Å²) in [6.45, 7) is 14.2. The van der Waals surface area contributed by atoms with Gasteiger partial charge in [-0.3, -0.25) is 37.3 Å². The molecule has 0 aromatic carbocycles. The second-order valence-corrected chi connectivity index (χ2v) is 32.2. The maximum Gasteiger partial charge on any atom is 0.472 e. The molecule has 0 spiro atoms. The maximum atomic E-state index is 13.1. The molecule has 564 valence electrons. The number of phosphoric ester groups is 2. The van der Waals surface area contributed by atoms with Gasteiger partial charge in [0.15, 0.2) is 12.2 Å². The van der Waals surface area contributed by atoms with E-state index in [4.69, 9.17) is 37.0 Å². The molecule has 0 bridgehead atoms. The molecule has 95 heavy (non-hydrogen) atoms. The largest absolute Gasteiger partial charge is 0.472 e. The van der Waals surface area contributed by atoms with Crippen LogP contribution in [-0.4, -0.2) is 96.7 Å². The lowest BCUT2D eigenvalue weighted by molar-refractivity contribution is -0.161. The summed E-state index contributed by atoms with van der Waals surface area (Å²) in [5.74, 6) is 0.929. The molecule has 0 aliphatic rings. The van der Waals surface area contributed by atoms with E-state index in [0.29, 0.717) is 25.7 Å². The van der Waals surface area contributed by atoms with Crippen molar-refractivity contribution in [2.24, 2.45) is 23.7 Å². The molecule has 0 rings (SSSR count). The van der Waals surface area contributed by atoms with Crippen molar-refractivity contribution >= 4 is 39.5 Å². The SMILES string of the molecule is CC(C)CCCCCCCCCCCCCCCCC(=O)O[C@H](COC(=O)CCCCCCCCCCCCC(C)C)COP(=O)(O)OC[C@@H](O)COP(=O)(O)OC[C@@H](COC(=O)CCCCCCCCCCCC(C)C)OC(=O)CCCCCCCCCCCCC(C)C. The van der Waals surface area contributed by atoms with Gasteiger partial charge >= 0.3 is 39.5 Å². The van der Waals surface area contributed by atoms with Gasteiger partial charge in [0, 0.05) is 25.7 Å². The highest BCUT2D eigenvalue weighted by molar-refractivity contribution is 7.47. The zero-order chi connectivity index (χ0) is 70.3. The monoisotopic (exact) mass is 1400 g/mol. The predicted octanol–water partition coefficient (Wildman–Crippen LogP) is 22.0. The Morgan fingerprint density at radius 3 is 0.653 bits per heavy atom. The molecule has 0 amide bonds. The van der Waals surface area contributed by atoms with Gasteiger partial charge in [-0.2, -0.15) is 0 Å². The van der Waals surface area contributed by atoms with Crippen molar-refractivity contribution in [3.05, 3.63) is 0 Å². The van der Waals surface area contributed by atoms with Gasteiger partial charge in [-0.05, 0) is 49.4 Å². The molecule has 3 N–H and O–H groups in total. The van der Waals surface area contributed by atoms with Crippen LogP contribution in [0, 0.1) is 23.7 Å². The van der Waals surface area contributed by atoms with E-state index in [2.05, 4.69) is 55.4 Å². The van der Waals surface area contributed by atoms with E-state index in [1.807, 2.05) is 0 Å². The molecule has 0 aromatic heterocycles. The van der Waals surface area contributed by atoms with Crippen LogP contribution in [0.5, 0.6) is 0 Å². The summed E-state index contributed by atoms with van der Waals surface area (Å²) < 4.78 is 68.6. The van der Waals surface area contributed by atoms with Crippen LogP contribution in [0.15, 0.2) is 0 Å². The van der Waals surface area contributed by atoms with Crippen molar-refractivity contribution in [1.29, 1.82) is 0 Å². The molecule has 0 aliphatic heterocycles. The van der Waals surface area contributed by atoms with E-state index in [1.54, 1.807) is 0 Å². The van der Waals surface area contributed by atoms with E-state index < -0.39 is 97.5 Å². The Bertz CT molecular complexity index is 1870. The zero-order valence-electron chi connectivity index (χ0n) is 62.3. The number of esters is 4. The van der Waals surface area contributed by atoms with Gasteiger partial charge in [0.1, 0.15) is 19.3 Å². The number of unbranched alkanes of at least 4 members (excludes halogenated alkanes) is 39. The zero-order valence-corrected chi connectivity index (χ0v) is 64.1. The molecule has 0 heterocycles. The Hall–Kier alpha value is -1.94. The minimum atomic E-state index is -4.96. The molecular weight excluding hydrogens is 1250 g/mol. The first-order valence-corrected chi connectivity index (χ1v) is 42.2. The van der Waals surface area contributed by atoms with E-state index >= 15 is 0 Å². The average Bonchev–Trinajstić information content (AvgIpc) is 1.91. The van der Waals surface area contributed by atoms with Crippen molar-refractivity contribution in [2.45, 2.75) is 401 Å². The van der Waals surface area contributed by atoms with Crippen molar-refractivity contribution in [3.8, 4) is 0 Å². The molecule has 17 nitrogen and oxygen atoms in total. The molecule has 0 radical (unpaired) electrons. The number of hydrogen-bond acceptors (Lipinski definition) is 15. The lowest BCUT2D eigenvalue weighted by atomic mass is 10.0. The van der Waals surface area contributed by atoms with Gasteiger partial charge in [0.25, 0.3) is 0 Å². The van der Waals surface area contributed by atoms with Gasteiger partial charge in [0.2, 0.25) is 0 Å². The van der Waals surface area contributed by atoms with E-state index in [9.17, 15) is 43.2 Å². The molecule has 0 saturated heterocycles. The summed E-state index contributed by atoms with van der Waals surface area (Å²) in [5.41, 5.74) is 0. The second-order valence-electron chi connectivity index (χ2n) is 29.3. The van der Waals surface area contributed by atoms with Gasteiger partial charge in [0.05, 0.1) is 26.4 Å². The lowest BCUT2D eigenvalue weighted by Gasteiger charge is -2.21. The molecular formula is C76H148O17P2. The van der Waals surface area contributed by atoms with Crippen LogP contribution in [0.4, 0.5) is 0 Å². The first-order valence-electron chi connectivity index (χ1n) is 39.2. The van der Waals surface area contributed by atoms with Crippen LogP contribution in [-0.2, 0) is 65.4 Å². The van der Waals surface area contributed by atoms with E-state index in [-0.39, 0.29) is 25.7 Å². The summed E-state index contributed by atoms with van der Waals surface area (Å²) in [5, 5.41) is 10.6. The number of aliphatic hydroxyl groups excluding tert-OH is 1. The fourth-order valence-corrected chi connectivity index (χ4v) is 13.1. The highest BCUT2D eigenvalue weighted by Crippen LogP contribution is 2.45. The second kappa shape index (κ2) is 65.4. The standard InChI is InChI=1S/C76H148O17P2/c1-66(2)52-44-36-28-20-13-11-9-10-12-14-25-34-42-50-58-75(80)92-71(62-86-73(78)56-48-40-32-24-17-15-21-29-37-45-53-67(3)4)64-90-94(82,83)88-60-70(77)61-89-95(84,85)91-65-72(63-87-74(79)57-49-41-33-27-19-23-31-39-47-55-69(7)8)93-76(81)59-51-43-35-26-18-16-22-30-38-46-54-68(5)6/h66-72,77H,9-65H2,1-8H3,(H,82,83)(H,84,85)/t70-,71-,72-/m1/s1. The summed E-state index contributed by atoms with van der Waals surface area (Å²) in [6.07, 6.45) is 49.9. The highest BCUT2D eigenvalue weighted by atomic mass is 31.2. The van der Waals surface area contributed by atoms with Crippen LogP contribution >= 0.6 is 15.6 Å². The smallest absolute Gasteiger partial charge is 0.462 e. The van der Waals surface area contributed by atoms with Crippen LogP contribution in [0.2, 0.25) is 0 Å². The normalized spacial score (nSPS) is 14.1. The third-order valence-electron chi connectivity index (χ3n) is 17.6. The number of hydrogen-bond donors (Lipinski definition) is 3. The minimum absolute atomic E-state index is 0.105. The predicted molar refractivity (Wildman–Crippen MR) is 386 cm³/mol. The quantitative estimate of drug-likeness (QED) is 0.0222. The van der Waals surface area contributed by atoms with Crippen molar-refractivity contribution in [1.82, 2.24) is 0 Å². The van der Waals surface area contributed by atoms with Crippen molar-refractivity contribution < 1.29 is 80.2 Å². The van der Waals surface area contributed by atoms with Gasteiger partial charge in [-0.1, -0.05) is 331 Å². The summed E-state index contributed by atoms with van der Waals surface area (Å²) in [7, 11) is -9.91. The van der Waals surface area contributed by atoms with Crippen LogP contribution in [0.25, 0.3) is 0 Å². The maximum absolute atomic E-state index is 13.1. The van der Waals surface area contributed by atoms with Crippen LogP contribution in [0.3, 0.4) is 0 Å². The Kier molecular flexibility index (Phi) is 64.0. The fourth-order valence-electron chi connectivity index (χ4n) is 11.6. The third-order valence-corrected chi connectivity index (χ3v) is 19.5. The number of carbonyl (C=O) groups excluding carboxylic acids is 4. The highest BCUT2D eigenvalue weighted by Gasteiger charge is 2.30. The Morgan fingerprint density at radius 1 is 0.263 bits per heavy atom. The Labute approximate surface area is 581 Å². The third kappa shape index (κ3) is 70.3. The molecule has 0 saturated carbocycles. The minimum Gasteiger partial charge on any atom is -0.462 e. The number of ether oxygens (including phenoxy) is 4. The Morgan fingerprint density at radius 2 is 0.442 bits per heavy atom. The summed E-state index contributed by atoms with van der Waals surface area (Å²) in [4.78, 5) is 72.8. The molecule has 0 aliphatic carbocycles. The Balaban J connectivity index is 5.27. The molecule has 5 atom stereocenters. The molecule has 0 fully saturated rings. The first-order chi connectivity index (χ1) is 45.6. The van der Waals surface area contributed by atoms with Crippen molar-refractivity contribution in [3.63, 3.8) is 0 Å². The van der Waals surface area contributed by atoms with Crippen molar-refractivity contribution in [2.75, 3.05) is 39.6 Å². The summed E-state index contributed by atoms with van der Waals surface area (Å²) >= 11 is 0. The van der Waals surface area contributed by atoms with E-state index in [1.165, 1.54) is 186 Å². The molecule has 19 heteroatoms. The lowest BCUT2D eigenvalue weighted by Crippen LogP contribution is -2.30. The molecule has 0 aromatic rings. The number of carbonyl (C=O) groups is 4. The van der Waals surface area contributed by atoms with Crippen LogP contribution < -0.4 is 0 Å². The summed E-state index contributed by atoms with van der Waals surface area (Å²) in [6, 6.07) is 0. The van der Waals surface area contributed by atoms with Gasteiger partial charge in [-0.15, -0.1) is 0 Å². The number of aliphatic hydroxyl groups is 1. The van der Waals surface area contributed by atoms with E-state index in [0.717, 1.165) is 114 Å². The topological polar surface area (TPSA) is 237 Å². The number of rotatable bonds is 73. The molecule has 2 unspecified atom stereocenters.